The molecule has 0 fully saturated rings. The Hall–Kier alpha value is -1.39. The third-order valence-corrected chi connectivity index (χ3v) is 4.01. The zero-order chi connectivity index (χ0) is 13.4. The van der Waals surface area contributed by atoms with Crippen LogP contribution in [0.5, 0.6) is 0 Å². The Labute approximate surface area is 125 Å². The van der Waals surface area contributed by atoms with E-state index in [1.165, 1.54) is 11.1 Å². The number of benzene rings is 2. The molecule has 0 radical (unpaired) electrons. The Morgan fingerprint density at radius 1 is 1.16 bits per heavy atom. The molecule has 0 saturated heterocycles. The van der Waals surface area contributed by atoms with Crippen LogP contribution in [0.1, 0.15) is 11.1 Å². The highest BCUT2D eigenvalue weighted by molar-refractivity contribution is 9.10. The minimum absolute atomic E-state index is 0.758. The number of hydrogen-bond acceptors (Lipinski definition) is 1. The van der Waals surface area contributed by atoms with Gasteiger partial charge in [-0.1, -0.05) is 45.8 Å². The molecule has 1 N–H and O–H groups in total. The molecule has 1 heterocycles. The van der Waals surface area contributed by atoms with E-state index in [-0.39, 0.29) is 0 Å². The van der Waals surface area contributed by atoms with Crippen LogP contribution in [0.2, 0.25) is 0 Å². The van der Waals surface area contributed by atoms with E-state index in [9.17, 15) is 0 Å². The zero-order valence-corrected chi connectivity index (χ0v) is 12.9. The van der Waals surface area contributed by atoms with Crippen molar-refractivity contribution in [3.05, 3.63) is 62.8 Å². The number of H-pyrrole nitrogens is 1. The smallest absolute Gasteiger partial charge is 0.178 e. The molecule has 0 aliphatic rings. The van der Waals surface area contributed by atoms with Crippen LogP contribution in [-0.4, -0.2) is 9.55 Å². The van der Waals surface area contributed by atoms with Crippen molar-refractivity contribution in [2.75, 3.05) is 0 Å². The van der Waals surface area contributed by atoms with Crippen LogP contribution in [0.25, 0.3) is 11.0 Å². The number of imidazole rings is 1. The van der Waals surface area contributed by atoms with Gasteiger partial charge in [0.2, 0.25) is 0 Å². The SMILES string of the molecule is Cc1ccc(Cn2c(=S)[nH]c3ccc(Br)cc32)cc1. The summed E-state index contributed by atoms with van der Waals surface area (Å²) < 4.78 is 3.94. The van der Waals surface area contributed by atoms with Gasteiger partial charge in [0.1, 0.15) is 0 Å². The molecular weight excluding hydrogens is 320 g/mol. The number of rotatable bonds is 2. The van der Waals surface area contributed by atoms with Gasteiger partial charge in [0.25, 0.3) is 0 Å². The molecule has 3 rings (SSSR count). The molecule has 4 heteroatoms. The number of halogens is 1. The summed E-state index contributed by atoms with van der Waals surface area (Å²) in [6, 6.07) is 14.7. The van der Waals surface area contributed by atoms with Crippen molar-refractivity contribution in [3.8, 4) is 0 Å². The van der Waals surface area contributed by atoms with E-state index in [1.54, 1.807) is 0 Å². The van der Waals surface area contributed by atoms with Crippen molar-refractivity contribution in [2.45, 2.75) is 13.5 Å². The molecule has 19 heavy (non-hydrogen) atoms. The third kappa shape index (κ3) is 2.51. The summed E-state index contributed by atoms with van der Waals surface area (Å²) in [5.74, 6) is 0. The van der Waals surface area contributed by atoms with Crippen molar-refractivity contribution in [1.29, 1.82) is 0 Å². The van der Waals surface area contributed by atoms with Gasteiger partial charge < -0.3 is 9.55 Å². The van der Waals surface area contributed by atoms with E-state index in [4.69, 9.17) is 12.2 Å². The normalized spacial score (nSPS) is 11.1. The monoisotopic (exact) mass is 332 g/mol. The van der Waals surface area contributed by atoms with Crippen molar-refractivity contribution in [2.24, 2.45) is 0 Å². The molecule has 1 aromatic heterocycles. The van der Waals surface area contributed by atoms with Gasteiger partial charge in [-0.25, -0.2) is 0 Å². The number of nitrogens with one attached hydrogen (secondary N) is 1. The molecule has 0 amide bonds. The van der Waals surface area contributed by atoms with Gasteiger partial charge in [0, 0.05) is 4.47 Å². The molecule has 2 nitrogen and oxygen atoms in total. The highest BCUT2D eigenvalue weighted by Crippen LogP contribution is 2.20. The first-order chi connectivity index (χ1) is 9.13. The van der Waals surface area contributed by atoms with Crippen LogP contribution in [0.15, 0.2) is 46.9 Å². The summed E-state index contributed by atoms with van der Waals surface area (Å²) in [6.45, 7) is 2.88. The Bertz CT molecular complexity index is 784. The summed E-state index contributed by atoms with van der Waals surface area (Å²) in [7, 11) is 0. The third-order valence-electron chi connectivity index (χ3n) is 3.20. The summed E-state index contributed by atoms with van der Waals surface area (Å²) >= 11 is 8.92. The van der Waals surface area contributed by atoms with Crippen molar-refractivity contribution < 1.29 is 0 Å². The number of nitrogens with zero attached hydrogens (tertiary/aromatic N) is 1. The van der Waals surface area contributed by atoms with Gasteiger partial charge in [-0.15, -0.1) is 0 Å². The quantitative estimate of drug-likeness (QED) is 0.667. The molecular formula is C15H13BrN2S. The van der Waals surface area contributed by atoms with Gasteiger partial charge in [0.05, 0.1) is 17.6 Å². The number of aromatic amines is 1. The van der Waals surface area contributed by atoms with Crippen molar-refractivity contribution >= 4 is 39.2 Å². The molecule has 96 valence electrons. The zero-order valence-electron chi connectivity index (χ0n) is 10.5. The number of aromatic nitrogens is 2. The van der Waals surface area contributed by atoms with Gasteiger partial charge in [-0.2, -0.15) is 0 Å². The van der Waals surface area contributed by atoms with Gasteiger partial charge in [-0.3, -0.25) is 0 Å². The summed E-state index contributed by atoms with van der Waals surface area (Å²) in [6.07, 6.45) is 0. The van der Waals surface area contributed by atoms with E-state index in [0.29, 0.717) is 0 Å². The predicted octanol–water partition coefficient (Wildman–Crippen LogP) is 4.82. The van der Waals surface area contributed by atoms with Crippen LogP contribution in [0, 0.1) is 11.7 Å². The molecule has 0 aliphatic carbocycles. The molecule has 0 spiro atoms. The van der Waals surface area contributed by atoms with Crippen LogP contribution in [0.4, 0.5) is 0 Å². The molecule has 0 bridgehead atoms. The first kappa shape index (κ1) is 12.6. The molecule has 3 aromatic rings. The number of hydrogen-bond donors (Lipinski definition) is 1. The van der Waals surface area contributed by atoms with E-state index >= 15 is 0 Å². The Kier molecular flexibility index (Phi) is 3.29. The van der Waals surface area contributed by atoms with Crippen molar-refractivity contribution in [3.63, 3.8) is 0 Å². The average Bonchev–Trinajstić information content (AvgIpc) is 2.69. The van der Waals surface area contributed by atoms with Crippen LogP contribution in [0.3, 0.4) is 0 Å². The largest absolute Gasteiger partial charge is 0.331 e. The lowest BCUT2D eigenvalue weighted by molar-refractivity contribution is 0.810. The summed E-state index contributed by atoms with van der Waals surface area (Å²) in [5, 5.41) is 0. The second kappa shape index (κ2) is 4.94. The number of fused-ring (bicyclic) bond motifs is 1. The summed E-state index contributed by atoms with van der Waals surface area (Å²) in [5.41, 5.74) is 4.72. The average molecular weight is 333 g/mol. The van der Waals surface area contributed by atoms with Crippen LogP contribution >= 0.6 is 28.1 Å². The highest BCUT2D eigenvalue weighted by Gasteiger charge is 2.05. The summed E-state index contributed by atoms with van der Waals surface area (Å²) in [4.78, 5) is 3.24. The Balaban J connectivity index is 2.09. The van der Waals surface area contributed by atoms with Crippen LogP contribution in [-0.2, 0) is 6.54 Å². The minimum atomic E-state index is 0.758. The fraction of sp³-hybridized carbons (Fsp3) is 0.133. The molecule has 0 aliphatic heterocycles. The lowest BCUT2D eigenvalue weighted by Crippen LogP contribution is -1.99. The van der Waals surface area contributed by atoms with Gasteiger partial charge >= 0.3 is 0 Å². The van der Waals surface area contributed by atoms with E-state index in [2.05, 4.69) is 62.7 Å². The lowest BCUT2D eigenvalue weighted by Gasteiger charge is -2.05. The van der Waals surface area contributed by atoms with E-state index < -0.39 is 0 Å². The molecule has 0 atom stereocenters. The van der Waals surface area contributed by atoms with Gasteiger partial charge in [0.15, 0.2) is 4.77 Å². The second-order valence-corrected chi connectivity index (χ2v) is 5.97. The highest BCUT2D eigenvalue weighted by atomic mass is 79.9. The second-order valence-electron chi connectivity index (χ2n) is 4.66. The lowest BCUT2D eigenvalue weighted by atomic mass is 10.1. The van der Waals surface area contributed by atoms with Crippen molar-refractivity contribution in [1.82, 2.24) is 9.55 Å². The van der Waals surface area contributed by atoms with Crippen LogP contribution < -0.4 is 0 Å². The Morgan fingerprint density at radius 3 is 2.63 bits per heavy atom. The fourth-order valence-corrected chi connectivity index (χ4v) is 2.78. The molecule has 0 unspecified atom stereocenters. The maximum absolute atomic E-state index is 5.41. The Morgan fingerprint density at radius 2 is 1.89 bits per heavy atom. The topological polar surface area (TPSA) is 20.7 Å². The van der Waals surface area contributed by atoms with Gasteiger partial charge in [-0.05, 0) is 42.9 Å². The minimum Gasteiger partial charge on any atom is -0.331 e. The maximum Gasteiger partial charge on any atom is 0.178 e. The van der Waals surface area contributed by atoms with E-state index in [1.807, 2.05) is 12.1 Å². The molecule has 0 saturated carbocycles. The first-order valence-corrected chi connectivity index (χ1v) is 7.27. The fourth-order valence-electron chi connectivity index (χ4n) is 2.16. The van der Waals surface area contributed by atoms with E-state index in [0.717, 1.165) is 26.8 Å². The predicted molar refractivity (Wildman–Crippen MR) is 85.1 cm³/mol. The number of aryl methyl sites for hydroxylation is 1. The maximum atomic E-state index is 5.41. The standard InChI is InChI=1S/C15H13BrN2S/c1-10-2-4-11(5-3-10)9-18-14-8-12(16)6-7-13(14)17-15(18)19/h2-8H,9H2,1H3,(H,17,19). The molecule has 2 aromatic carbocycles. The first-order valence-electron chi connectivity index (χ1n) is 6.07.